The maximum absolute atomic E-state index is 13.2. The molecule has 2 unspecified atom stereocenters. The summed E-state index contributed by atoms with van der Waals surface area (Å²) in [5.41, 5.74) is -1.41. The first-order valence-electron chi connectivity index (χ1n) is 7.80. The normalized spacial score (nSPS) is 22.6. The van der Waals surface area contributed by atoms with Crippen LogP contribution in [0.4, 0.5) is 26.3 Å². The van der Waals surface area contributed by atoms with E-state index >= 15 is 0 Å². The molecule has 0 heterocycles. The molecule has 2 rings (SSSR count). The molecule has 2 atom stereocenters. The Hall–Kier alpha value is -1.99. The zero-order valence-electron chi connectivity index (χ0n) is 13.1. The van der Waals surface area contributed by atoms with Gasteiger partial charge in [-0.25, -0.2) is 0 Å². The number of alkyl halides is 6. The molecule has 0 saturated heterocycles. The van der Waals surface area contributed by atoms with Crippen molar-refractivity contribution in [1.82, 2.24) is 5.32 Å². The Morgan fingerprint density at radius 3 is 2.16 bits per heavy atom. The van der Waals surface area contributed by atoms with Gasteiger partial charge in [0.2, 0.25) is 5.91 Å². The summed E-state index contributed by atoms with van der Waals surface area (Å²) in [6, 6.07) is 5.45. The van der Waals surface area contributed by atoms with Gasteiger partial charge in [-0.15, -0.1) is 0 Å². The third-order valence-electron chi connectivity index (χ3n) is 4.18. The topological polar surface area (TPSA) is 29.1 Å². The maximum Gasteiger partial charge on any atom is 0.417 e. The van der Waals surface area contributed by atoms with Gasteiger partial charge in [0.25, 0.3) is 0 Å². The molecule has 1 aliphatic carbocycles. The summed E-state index contributed by atoms with van der Waals surface area (Å²) in [5.74, 6) is -2.90. The lowest BCUT2D eigenvalue weighted by molar-refractivity contribution is -0.189. The SMILES string of the molecule is O=C(/C=C(/c1ccccc1)C(F)(F)F)NC1CCCCC1C(F)(F)F. The molecule has 0 bridgehead atoms. The lowest BCUT2D eigenvalue weighted by Crippen LogP contribution is -2.47. The first kappa shape index (κ1) is 19.3. The average Bonchev–Trinajstić information content (AvgIpc) is 2.52. The molecule has 0 aromatic heterocycles. The Bertz CT molecular complexity index is 620. The van der Waals surface area contributed by atoms with Gasteiger partial charge in [0.15, 0.2) is 0 Å². The zero-order chi connectivity index (χ0) is 18.7. The predicted octanol–water partition coefficient (Wildman–Crippen LogP) is 4.87. The van der Waals surface area contributed by atoms with Gasteiger partial charge in [0.05, 0.1) is 11.5 Å². The van der Waals surface area contributed by atoms with Crippen molar-refractivity contribution in [3.05, 3.63) is 42.0 Å². The number of hydrogen-bond donors (Lipinski definition) is 1. The molecule has 138 valence electrons. The molecule has 8 heteroatoms. The van der Waals surface area contributed by atoms with Crippen molar-refractivity contribution in [3.63, 3.8) is 0 Å². The second-order valence-corrected chi connectivity index (χ2v) is 5.97. The van der Waals surface area contributed by atoms with E-state index in [0.29, 0.717) is 18.9 Å². The van der Waals surface area contributed by atoms with Crippen LogP contribution in [0.25, 0.3) is 5.57 Å². The largest absolute Gasteiger partial charge is 0.417 e. The molecule has 0 radical (unpaired) electrons. The summed E-state index contributed by atoms with van der Waals surface area (Å²) in [6.45, 7) is 0. The number of benzene rings is 1. The van der Waals surface area contributed by atoms with Crippen molar-refractivity contribution in [2.24, 2.45) is 5.92 Å². The van der Waals surface area contributed by atoms with E-state index in [1.807, 2.05) is 0 Å². The zero-order valence-corrected chi connectivity index (χ0v) is 13.1. The highest BCUT2D eigenvalue weighted by molar-refractivity contribution is 5.96. The van der Waals surface area contributed by atoms with Crippen LogP contribution in [0.1, 0.15) is 31.2 Å². The molecule has 1 aliphatic rings. The Kier molecular flexibility index (Phi) is 5.80. The number of hydrogen-bond acceptors (Lipinski definition) is 1. The van der Waals surface area contributed by atoms with Crippen molar-refractivity contribution < 1.29 is 31.1 Å². The first-order valence-corrected chi connectivity index (χ1v) is 7.80. The summed E-state index contributed by atoms with van der Waals surface area (Å²) >= 11 is 0. The molecular weight excluding hydrogens is 348 g/mol. The van der Waals surface area contributed by atoms with Crippen LogP contribution >= 0.6 is 0 Å². The first-order chi connectivity index (χ1) is 11.6. The Balaban J connectivity index is 2.21. The fraction of sp³-hybridized carbons (Fsp3) is 0.471. The van der Waals surface area contributed by atoms with E-state index in [1.54, 1.807) is 0 Å². The fourth-order valence-corrected chi connectivity index (χ4v) is 3.00. The minimum Gasteiger partial charge on any atom is -0.349 e. The summed E-state index contributed by atoms with van der Waals surface area (Å²) < 4.78 is 78.6. The monoisotopic (exact) mass is 365 g/mol. The summed E-state index contributed by atoms with van der Waals surface area (Å²) in [4.78, 5) is 12.0. The van der Waals surface area contributed by atoms with Gasteiger partial charge >= 0.3 is 12.4 Å². The molecule has 1 amide bonds. The Labute approximate surface area is 140 Å². The molecule has 2 nitrogen and oxygen atoms in total. The molecule has 0 aliphatic heterocycles. The van der Waals surface area contributed by atoms with Crippen LogP contribution in [0.15, 0.2) is 36.4 Å². The molecule has 0 spiro atoms. The fourth-order valence-electron chi connectivity index (χ4n) is 3.00. The molecule has 1 aromatic carbocycles. The van der Waals surface area contributed by atoms with Crippen LogP contribution in [0.5, 0.6) is 0 Å². The van der Waals surface area contributed by atoms with E-state index in [4.69, 9.17) is 0 Å². The Morgan fingerprint density at radius 2 is 1.60 bits per heavy atom. The standard InChI is InChI=1S/C17H17F6NO/c18-16(19,20)12-8-4-5-9-14(12)24-15(25)10-13(17(21,22)23)11-6-2-1-3-7-11/h1-3,6-7,10,12,14H,4-5,8-9H2,(H,24,25)/b13-10-. The third kappa shape index (κ3) is 5.24. The van der Waals surface area contributed by atoms with Gasteiger partial charge in [0.1, 0.15) is 0 Å². The number of carbonyl (C=O) groups excluding carboxylic acids is 1. The molecular formula is C17H17F6NO. The number of halogens is 6. The van der Waals surface area contributed by atoms with E-state index in [9.17, 15) is 31.1 Å². The summed E-state index contributed by atoms with van der Waals surface area (Å²) in [5, 5.41) is 2.11. The lowest BCUT2D eigenvalue weighted by atomic mass is 9.84. The highest BCUT2D eigenvalue weighted by atomic mass is 19.4. The van der Waals surface area contributed by atoms with E-state index in [0.717, 1.165) is 0 Å². The van der Waals surface area contributed by atoms with Crippen LogP contribution in [0, 0.1) is 5.92 Å². The smallest absolute Gasteiger partial charge is 0.349 e. The number of carbonyl (C=O) groups is 1. The molecule has 1 aromatic rings. The van der Waals surface area contributed by atoms with Crippen molar-refractivity contribution in [1.29, 1.82) is 0 Å². The van der Waals surface area contributed by atoms with Gasteiger partial charge in [-0.05, 0) is 18.4 Å². The quantitative estimate of drug-likeness (QED) is 0.601. The van der Waals surface area contributed by atoms with Crippen molar-refractivity contribution in [2.75, 3.05) is 0 Å². The van der Waals surface area contributed by atoms with Gasteiger partial charge in [-0.1, -0.05) is 43.2 Å². The summed E-state index contributed by atoms with van der Waals surface area (Å²) in [7, 11) is 0. The van der Waals surface area contributed by atoms with Gasteiger partial charge in [-0.2, -0.15) is 26.3 Å². The van der Waals surface area contributed by atoms with Crippen LogP contribution in [0.3, 0.4) is 0 Å². The van der Waals surface area contributed by atoms with Gasteiger partial charge in [0, 0.05) is 12.1 Å². The number of allylic oxidation sites excluding steroid dienone is 1. The van der Waals surface area contributed by atoms with Crippen LogP contribution < -0.4 is 5.32 Å². The number of nitrogens with one attached hydrogen (secondary N) is 1. The molecule has 1 saturated carbocycles. The van der Waals surface area contributed by atoms with Crippen LogP contribution in [0.2, 0.25) is 0 Å². The third-order valence-corrected chi connectivity index (χ3v) is 4.18. The van der Waals surface area contributed by atoms with Crippen molar-refractivity contribution in [2.45, 2.75) is 44.1 Å². The Morgan fingerprint density at radius 1 is 1.00 bits per heavy atom. The van der Waals surface area contributed by atoms with Crippen molar-refractivity contribution in [3.8, 4) is 0 Å². The number of amides is 1. The predicted molar refractivity (Wildman–Crippen MR) is 80.4 cm³/mol. The van der Waals surface area contributed by atoms with E-state index in [2.05, 4.69) is 5.32 Å². The lowest BCUT2D eigenvalue weighted by Gasteiger charge is -2.33. The second-order valence-electron chi connectivity index (χ2n) is 5.97. The van der Waals surface area contributed by atoms with Gasteiger partial charge in [-0.3, -0.25) is 4.79 Å². The highest BCUT2D eigenvalue weighted by Gasteiger charge is 2.46. The van der Waals surface area contributed by atoms with Crippen LogP contribution in [-0.4, -0.2) is 24.3 Å². The maximum atomic E-state index is 13.2. The van der Waals surface area contributed by atoms with Crippen molar-refractivity contribution >= 4 is 11.5 Å². The minimum atomic E-state index is -4.80. The summed E-state index contributed by atoms with van der Waals surface area (Å²) in [6.07, 6.45) is -8.13. The van der Waals surface area contributed by atoms with E-state index < -0.39 is 35.8 Å². The molecule has 1 fully saturated rings. The van der Waals surface area contributed by atoms with E-state index in [-0.39, 0.29) is 18.4 Å². The number of rotatable bonds is 3. The molecule has 25 heavy (non-hydrogen) atoms. The van der Waals surface area contributed by atoms with E-state index in [1.165, 1.54) is 30.3 Å². The second kappa shape index (κ2) is 7.49. The van der Waals surface area contributed by atoms with Crippen LogP contribution in [-0.2, 0) is 4.79 Å². The van der Waals surface area contributed by atoms with Gasteiger partial charge < -0.3 is 5.32 Å². The average molecular weight is 365 g/mol. The minimum absolute atomic E-state index is 0.0937. The highest BCUT2D eigenvalue weighted by Crippen LogP contribution is 2.38. The molecule has 1 N–H and O–H groups in total.